The normalized spacial score (nSPS) is 15.6. The lowest BCUT2D eigenvalue weighted by Crippen LogP contribution is -2.29. The molecule has 4 nitrogen and oxygen atoms in total. The van der Waals surface area contributed by atoms with E-state index in [0.29, 0.717) is 29.0 Å². The van der Waals surface area contributed by atoms with E-state index in [2.05, 4.69) is 0 Å². The van der Waals surface area contributed by atoms with Crippen LogP contribution in [0.1, 0.15) is 17.5 Å². The Bertz CT molecular complexity index is 836. The second-order valence-corrected chi connectivity index (χ2v) is 7.70. The van der Waals surface area contributed by atoms with Crippen molar-refractivity contribution in [2.45, 2.75) is 13.0 Å². The molecule has 0 spiro atoms. The first-order valence-corrected chi connectivity index (χ1v) is 9.91. The zero-order chi connectivity index (χ0) is 19.1. The molecule has 3 rings (SSSR count). The Hall–Kier alpha value is -2.15. The average molecular weight is 400 g/mol. The maximum atomic E-state index is 12.6. The molecule has 0 saturated carbocycles. The van der Waals surface area contributed by atoms with E-state index in [4.69, 9.17) is 21.7 Å². The van der Waals surface area contributed by atoms with Crippen LogP contribution in [0.2, 0.25) is 0 Å². The fourth-order valence-electron chi connectivity index (χ4n) is 2.65. The Morgan fingerprint density at radius 1 is 1.15 bits per heavy atom. The molecule has 1 saturated heterocycles. The Balaban J connectivity index is 1.66. The van der Waals surface area contributed by atoms with Gasteiger partial charge in [0.05, 0.1) is 4.91 Å². The first kappa shape index (κ1) is 19.6. The minimum atomic E-state index is -0.0447. The van der Waals surface area contributed by atoms with Crippen LogP contribution in [-0.4, -0.2) is 35.4 Å². The van der Waals surface area contributed by atoms with Crippen LogP contribution in [0.4, 0.5) is 0 Å². The highest BCUT2D eigenvalue weighted by atomic mass is 32.2. The van der Waals surface area contributed by atoms with Crippen LogP contribution >= 0.6 is 24.0 Å². The zero-order valence-electron chi connectivity index (χ0n) is 15.1. The molecule has 27 heavy (non-hydrogen) atoms. The molecule has 6 heteroatoms. The lowest BCUT2D eigenvalue weighted by molar-refractivity contribution is -0.122. The summed E-state index contributed by atoms with van der Waals surface area (Å²) in [6, 6.07) is 17.7. The summed E-state index contributed by atoms with van der Waals surface area (Å²) in [6.45, 7) is 1.69. The van der Waals surface area contributed by atoms with Gasteiger partial charge in [0.2, 0.25) is 0 Å². The number of ether oxygens (including phenoxy) is 2. The first-order valence-electron chi connectivity index (χ1n) is 8.68. The molecule has 0 unspecified atom stereocenters. The summed E-state index contributed by atoms with van der Waals surface area (Å²) in [4.78, 5) is 14.9. The summed E-state index contributed by atoms with van der Waals surface area (Å²) < 4.78 is 11.5. The number of thiocarbonyl (C=S) groups is 1. The Morgan fingerprint density at radius 3 is 2.74 bits per heavy atom. The standard InChI is InChI=1S/C21H21NO3S2/c1-24-12-6-11-22-20(23)19(27-21(22)26)14-17-9-5-10-18(13-17)25-15-16-7-3-2-4-8-16/h2-5,7-10,13-14H,6,11-12,15H2,1H3/b19-14-. The quantitative estimate of drug-likeness (QED) is 0.371. The number of thioether (sulfide) groups is 1. The maximum Gasteiger partial charge on any atom is 0.266 e. The molecule has 0 aromatic heterocycles. The third-order valence-corrected chi connectivity index (χ3v) is 5.39. The summed E-state index contributed by atoms with van der Waals surface area (Å²) in [5.74, 6) is 0.722. The fourth-order valence-corrected chi connectivity index (χ4v) is 3.95. The summed E-state index contributed by atoms with van der Waals surface area (Å²) in [6.07, 6.45) is 2.63. The van der Waals surface area contributed by atoms with Gasteiger partial charge in [0, 0.05) is 20.3 Å². The number of nitrogens with zero attached hydrogens (tertiary/aromatic N) is 1. The van der Waals surface area contributed by atoms with Crippen molar-refractivity contribution in [3.05, 3.63) is 70.6 Å². The van der Waals surface area contributed by atoms with Crippen LogP contribution in [0, 0.1) is 0 Å². The van der Waals surface area contributed by atoms with Crippen LogP contribution in [-0.2, 0) is 16.1 Å². The van der Waals surface area contributed by atoms with Crippen molar-refractivity contribution in [2.75, 3.05) is 20.3 Å². The van der Waals surface area contributed by atoms with Crippen molar-refractivity contribution >= 4 is 40.3 Å². The SMILES string of the molecule is COCCCN1C(=O)/C(=C/c2cccc(OCc3ccccc3)c2)SC1=S. The second-order valence-electron chi connectivity index (χ2n) is 6.03. The molecule has 2 aromatic carbocycles. The summed E-state index contributed by atoms with van der Waals surface area (Å²) in [7, 11) is 1.65. The van der Waals surface area contributed by atoms with E-state index in [1.807, 2.05) is 60.7 Å². The molecule has 140 valence electrons. The number of rotatable bonds is 8. The maximum absolute atomic E-state index is 12.6. The molecule has 0 atom stereocenters. The van der Waals surface area contributed by atoms with Gasteiger partial charge in [-0.2, -0.15) is 0 Å². The molecule has 1 fully saturated rings. The average Bonchev–Trinajstić information content (AvgIpc) is 2.95. The van der Waals surface area contributed by atoms with E-state index in [1.165, 1.54) is 11.8 Å². The predicted molar refractivity (Wildman–Crippen MR) is 114 cm³/mol. The van der Waals surface area contributed by atoms with Crippen molar-refractivity contribution in [3.63, 3.8) is 0 Å². The predicted octanol–water partition coefficient (Wildman–Crippen LogP) is 4.50. The Morgan fingerprint density at radius 2 is 1.96 bits per heavy atom. The van der Waals surface area contributed by atoms with Crippen LogP contribution < -0.4 is 4.74 Å². The highest BCUT2D eigenvalue weighted by Crippen LogP contribution is 2.33. The van der Waals surface area contributed by atoms with Gasteiger partial charge >= 0.3 is 0 Å². The number of hydrogen-bond acceptors (Lipinski definition) is 5. The van der Waals surface area contributed by atoms with Crippen molar-refractivity contribution in [2.24, 2.45) is 0 Å². The van der Waals surface area contributed by atoms with E-state index < -0.39 is 0 Å². The van der Waals surface area contributed by atoms with Gasteiger partial charge in [-0.15, -0.1) is 0 Å². The van der Waals surface area contributed by atoms with Gasteiger partial charge in [-0.25, -0.2) is 0 Å². The number of amides is 1. The van der Waals surface area contributed by atoms with Gasteiger partial charge in [-0.3, -0.25) is 9.69 Å². The Labute approximate surface area is 169 Å². The molecule has 0 aliphatic carbocycles. The number of carbonyl (C=O) groups is 1. The number of carbonyl (C=O) groups excluding carboxylic acids is 1. The van der Waals surface area contributed by atoms with Gasteiger partial charge in [0.1, 0.15) is 16.7 Å². The second kappa shape index (κ2) is 9.69. The van der Waals surface area contributed by atoms with Gasteiger partial charge in [-0.1, -0.05) is 66.4 Å². The molecule has 0 bridgehead atoms. The van der Waals surface area contributed by atoms with Gasteiger partial charge in [0.15, 0.2) is 0 Å². The number of benzene rings is 2. The third-order valence-electron chi connectivity index (χ3n) is 4.01. The summed E-state index contributed by atoms with van der Waals surface area (Å²) in [5, 5.41) is 0. The highest BCUT2D eigenvalue weighted by Gasteiger charge is 2.31. The molecular formula is C21H21NO3S2. The molecule has 1 heterocycles. The largest absolute Gasteiger partial charge is 0.489 e. The Kier molecular flexibility index (Phi) is 7.04. The molecule has 0 N–H and O–H groups in total. The minimum Gasteiger partial charge on any atom is -0.489 e. The fraction of sp³-hybridized carbons (Fsp3) is 0.238. The highest BCUT2D eigenvalue weighted by molar-refractivity contribution is 8.26. The van der Waals surface area contributed by atoms with Crippen molar-refractivity contribution < 1.29 is 14.3 Å². The first-order chi connectivity index (χ1) is 13.2. The van der Waals surface area contributed by atoms with Gasteiger partial charge in [-0.05, 0) is 35.8 Å². The van der Waals surface area contributed by atoms with Gasteiger partial charge in [0.25, 0.3) is 5.91 Å². The zero-order valence-corrected chi connectivity index (χ0v) is 16.7. The minimum absolute atomic E-state index is 0.0447. The molecule has 2 aromatic rings. The van der Waals surface area contributed by atoms with E-state index in [1.54, 1.807) is 12.0 Å². The third kappa shape index (κ3) is 5.42. The molecule has 1 amide bonds. The molecule has 0 radical (unpaired) electrons. The number of methoxy groups -OCH3 is 1. The summed E-state index contributed by atoms with van der Waals surface area (Å²) >= 11 is 6.68. The monoisotopic (exact) mass is 399 g/mol. The number of hydrogen-bond donors (Lipinski definition) is 0. The van der Waals surface area contributed by atoms with E-state index >= 15 is 0 Å². The van der Waals surface area contributed by atoms with Crippen LogP contribution in [0.5, 0.6) is 5.75 Å². The topological polar surface area (TPSA) is 38.8 Å². The van der Waals surface area contributed by atoms with Crippen LogP contribution in [0.3, 0.4) is 0 Å². The van der Waals surface area contributed by atoms with Crippen molar-refractivity contribution in [1.29, 1.82) is 0 Å². The van der Waals surface area contributed by atoms with Gasteiger partial charge < -0.3 is 9.47 Å². The van der Waals surface area contributed by atoms with Crippen LogP contribution in [0.15, 0.2) is 59.5 Å². The molecule has 1 aliphatic heterocycles. The summed E-state index contributed by atoms with van der Waals surface area (Å²) in [5.41, 5.74) is 2.03. The van der Waals surface area contributed by atoms with E-state index in [9.17, 15) is 4.79 Å². The lowest BCUT2D eigenvalue weighted by Gasteiger charge is -2.13. The van der Waals surface area contributed by atoms with Crippen LogP contribution in [0.25, 0.3) is 6.08 Å². The molecular weight excluding hydrogens is 378 g/mol. The van der Waals surface area contributed by atoms with Crippen molar-refractivity contribution in [1.82, 2.24) is 4.90 Å². The van der Waals surface area contributed by atoms with E-state index in [0.717, 1.165) is 23.3 Å². The molecule has 1 aliphatic rings. The smallest absolute Gasteiger partial charge is 0.266 e. The van der Waals surface area contributed by atoms with Crippen molar-refractivity contribution in [3.8, 4) is 5.75 Å². The lowest BCUT2D eigenvalue weighted by atomic mass is 10.2. The van der Waals surface area contributed by atoms with E-state index in [-0.39, 0.29) is 5.91 Å².